The molecule has 0 N–H and O–H groups in total. The van der Waals surface area contributed by atoms with Gasteiger partial charge in [0.1, 0.15) is 11.5 Å². The van der Waals surface area contributed by atoms with Gasteiger partial charge < -0.3 is 14.4 Å². The van der Waals surface area contributed by atoms with Crippen molar-refractivity contribution >= 4 is 5.91 Å². The van der Waals surface area contributed by atoms with Gasteiger partial charge in [-0.1, -0.05) is 73.5 Å². The van der Waals surface area contributed by atoms with Gasteiger partial charge in [0.15, 0.2) is 0 Å². The van der Waals surface area contributed by atoms with Gasteiger partial charge in [-0.2, -0.15) is 0 Å². The average molecular weight is 513 g/mol. The van der Waals surface area contributed by atoms with Crippen LogP contribution in [-0.4, -0.2) is 49.6 Å². The Kier molecular flexibility index (Phi) is 8.65. The number of carbonyl (C=O) groups excluding carboxylic acids is 1. The van der Waals surface area contributed by atoms with Gasteiger partial charge in [-0.25, -0.2) is 0 Å². The van der Waals surface area contributed by atoms with Crippen molar-refractivity contribution in [3.8, 4) is 11.5 Å². The van der Waals surface area contributed by atoms with E-state index in [0.717, 1.165) is 63.4 Å². The lowest BCUT2D eigenvalue weighted by atomic mass is 9.88. The van der Waals surface area contributed by atoms with Crippen LogP contribution >= 0.6 is 0 Å². The maximum atomic E-state index is 13.8. The van der Waals surface area contributed by atoms with E-state index in [0.29, 0.717) is 24.3 Å². The summed E-state index contributed by atoms with van der Waals surface area (Å²) in [7, 11) is 3.46. The van der Waals surface area contributed by atoms with E-state index in [9.17, 15) is 4.79 Å². The van der Waals surface area contributed by atoms with Crippen LogP contribution in [0.5, 0.6) is 11.5 Å². The van der Waals surface area contributed by atoms with E-state index in [4.69, 9.17) is 9.47 Å². The number of likely N-dealkylation sites (tertiary alicyclic amines) is 1. The topological polar surface area (TPSA) is 42.0 Å². The molecule has 1 aliphatic carbocycles. The quantitative estimate of drug-likeness (QED) is 0.327. The van der Waals surface area contributed by atoms with Gasteiger partial charge >= 0.3 is 0 Å². The molecule has 0 spiro atoms. The van der Waals surface area contributed by atoms with E-state index in [1.54, 1.807) is 14.2 Å². The van der Waals surface area contributed by atoms with Gasteiger partial charge in [0.25, 0.3) is 0 Å². The van der Waals surface area contributed by atoms with Crippen LogP contribution in [-0.2, 0) is 17.9 Å². The summed E-state index contributed by atoms with van der Waals surface area (Å²) in [5.41, 5.74) is 3.67. The van der Waals surface area contributed by atoms with Crippen LogP contribution in [0, 0.1) is 11.8 Å². The van der Waals surface area contributed by atoms with Crippen LogP contribution in [0.25, 0.3) is 0 Å². The Balaban J connectivity index is 1.41. The number of amides is 1. The molecule has 38 heavy (non-hydrogen) atoms. The number of hydrogen-bond donors (Lipinski definition) is 0. The van der Waals surface area contributed by atoms with Crippen LogP contribution in [0.2, 0.25) is 0 Å². The lowest BCUT2D eigenvalue weighted by molar-refractivity contribution is -0.136. The van der Waals surface area contributed by atoms with Gasteiger partial charge in [-0.3, -0.25) is 9.69 Å². The molecular weight excluding hydrogens is 472 g/mol. The molecule has 0 radical (unpaired) electrons. The number of rotatable bonds is 10. The van der Waals surface area contributed by atoms with Crippen molar-refractivity contribution < 1.29 is 14.3 Å². The molecule has 1 saturated heterocycles. The Labute approximate surface area is 227 Å². The predicted molar refractivity (Wildman–Crippen MR) is 151 cm³/mol. The molecule has 3 aromatic rings. The third-order valence-corrected chi connectivity index (χ3v) is 8.31. The molecular formula is C33H40N2O3. The molecule has 5 heteroatoms. The molecule has 200 valence electrons. The Hall–Kier alpha value is -3.31. The van der Waals surface area contributed by atoms with Crippen LogP contribution < -0.4 is 9.47 Å². The van der Waals surface area contributed by atoms with Crippen molar-refractivity contribution in [2.45, 2.75) is 44.7 Å². The maximum absolute atomic E-state index is 13.8. The molecule has 2 aliphatic rings. The van der Waals surface area contributed by atoms with Crippen LogP contribution in [0.4, 0.5) is 0 Å². The molecule has 2 atom stereocenters. The maximum Gasteiger partial charge on any atom is 0.225 e. The van der Waals surface area contributed by atoms with Crippen molar-refractivity contribution in [2.24, 2.45) is 11.8 Å². The first-order valence-corrected chi connectivity index (χ1v) is 14.0. The van der Waals surface area contributed by atoms with Crippen molar-refractivity contribution in [3.63, 3.8) is 0 Å². The molecule has 1 saturated carbocycles. The SMILES string of the molecule is COc1cccc([C@H]2CN(Cc3ccccc3OC)C[C@H]2CN(Cc2ccccc2)C(=O)C2CCCC2)c1. The fraction of sp³-hybridized carbons (Fsp3) is 0.424. The van der Waals surface area contributed by atoms with Crippen LogP contribution in [0.15, 0.2) is 78.9 Å². The molecule has 3 aromatic carbocycles. The van der Waals surface area contributed by atoms with E-state index in [-0.39, 0.29) is 5.92 Å². The largest absolute Gasteiger partial charge is 0.497 e. The van der Waals surface area contributed by atoms with Gasteiger partial charge in [-0.15, -0.1) is 0 Å². The molecule has 5 nitrogen and oxygen atoms in total. The number of hydrogen-bond acceptors (Lipinski definition) is 4. The van der Waals surface area contributed by atoms with Gasteiger partial charge in [0.05, 0.1) is 14.2 Å². The van der Waals surface area contributed by atoms with Crippen molar-refractivity contribution in [3.05, 3.63) is 95.6 Å². The zero-order valence-electron chi connectivity index (χ0n) is 22.7. The summed E-state index contributed by atoms with van der Waals surface area (Å²) in [5, 5.41) is 0. The van der Waals surface area contributed by atoms with Crippen LogP contribution in [0.1, 0.15) is 48.3 Å². The molecule has 0 aromatic heterocycles. The second kappa shape index (κ2) is 12.5. The Morgan fingerprint density at radius 1 is 0.895 bits per heavy atom. The first-order valence-electron chi connectivity index (χ1n) is 14.0. The molecule has 5 rings (SSSR count). The Bertz CT molecular complexity index is 1190. The fourth-order valence-electron chi connectivity index (χ4n) is 6.35. The molecule has 1 heterocycles. The smallest absolute Gasteiger partial charge is 0.225 e. The highest BCUT2D eigenvalue weighted by atomic mass is 16.5. The summed E-state index contributed by atoms with van der Waals surface area (Å²) in [4.78, 5) is 18.5. The van der Waals surface area contributed by atoms with Crippen molar-refractivity contribution in [1.82, 2.24) is 9.80 Å². The standard InChI is InChI=1S/C33H40N2O3/c1-37-30-17-10-16-27(19-30)31-24-34(21-28-15-8-9-18-32(28)38-2)22-29(31)23-35(20-25-11-4-3-5-12-25)33(36)26-13-6-7-14-26/h3-5,8-12,15-19,26,29,31H,6-7,13-14,20-24H2,1-2H3/t29-,31+/m0/s1. The molecule has 0 unspecified atom stereocenters. The third kappa shape index (κ3) is 6.21. The summed E-state index contributed by atoms with van der Waals surface area (Å²) in [6.45, 7) is 4.13. The zero-order chi connectivity index (χ0) is 26.3. The number of methoxy groups -OCH3 is 2. The van der Waals surface area contributed by atoms with E-state index < -0.39 is 0 Å². The highest BCUT2D eigenvalue weighted by Crippen LogP contribution is 2.37. The number of para-hydroxylation sites is 1. The lowest BCUT2D eigenvalue weighted by Gasteiger charge is -2.31. The lowest BCUT2D eigenvalue weighted by Crippen LogP contribution is -2.40. The monoisotopic (exact) mass is 512 g/mol. The first-order chi connectivity index (χ1) is 18.6. The van der Waals surface area contributed by atoms with E-state index in [1.807, 2.05) is 24.3 Å². The molecule has 0 bridgehead atoms. The second-order valence-electron chi connectivity index (χ2n) is 10.8. The number of nitrogens with zero attached hydrogens (tertiary/aromatic N) is 2. The van der Waals surface area contributed by atoms with E-state index in [1.165, 1.54) is 16.7 Å². The van der Waals surface area contributed by atoms with Crippen LogP contribution in [0.3, 0.4) is 0 Å². The minimum Gasteiger partial charge on any atom is -0.497 e. The normalized spacial score (nSPS) is 19.9. The van der Waals surface area contributed by atoms with E-state index >= 15 is 0 Å². The van der Waals surface area contributed by atoms with Gasteiger partial charge in [-0.05, 0) is 48.1 Å². The second-order valence-corrected chi connectivity index (χ2v) is 10.8. The minimum absolute atomic E-state index is 0.167. The highest BCUT2D eigenvalue weighted by Gasteiger charge is 2.37. The number of ether oxygens (including phenoxy) is 2. The predicted octanol–water partition coefficient (Wildman–Crippen LogP) is 6.14. The summed E-state index contributed by atoms with van der Waals surface area (Å²) in [6.07, 6.45) is 4.37. The Morgan fingerprint density at radius 2 is 1.66 bits per heavy atom. The van der Waals surface area contributed by atoms with Gasteiger partial charge in [0, 0.05) is 50.1 Å². The molecule has 1 aliphatic heterocycles. The van der Waals surface area contributed by atoms with Crippen molar-refractivity contribution in [1.29, 1.82) is 0 Å². The summed E-state index contributed by atoms with van der Waals surface area (Å²) in [6, 6.07) is 27.2. The molecule has 1 amide bonds. The summed E-state index contributed by atoms with van der Waals surface area (Å²) in [5.74, 6) is 2.95. The zero-order valence-corrected chi connectivity index (χ0v) is 22.7. The number of carbonyl (C=O) groups is 1. The average Bonchev–Trinajstić information content (AvgIpc) is 3.64. The summed E-state index contributed by atoms with van der Waals surface area (Å²) >= 11 is 0. The third-order valence-electron chi connectivity index (χ3n) is 8.31. The fourth-order valence-corrected chi connectivity index (χ4v) is 6.35. The van der Waals surface area contributed by atoms with Gasteiger partial charge in [0.2, 0.25) is 5.91 Å². The Morgan fingerprint density at radius 3 is 2.42 bits per heavy atom. The molecule has 2 fully saturated rings. The van der Waals surface area contributed by atoms with Crippen molar-refractivity contribution in [2.75, 3.05) is 33.9 Å². The summed E-state index contributed by atoms with van der Waals surface area (Å²) < 4.78 is 11.2. The highest BCUT2D eigenvalue weighted by molar-refractivity contribution is 5.79. The minimum atomic E-state index is 0.167. The van der Waals surface area contributed by atoms with E-state index in [2.05, 4.69) is 64.4 Å². The first kappa shape index (κ1) is 26.3. The number of benzene rings is 3.